The largest absolute Gasteiger partial charge is 0.439 e. The van der Waals surface area contributed by atoms with Crippen LogP contribution in [-0.4, -0.2) is 4.98 Å². The highest BCUT2D eigenvalue weighted by atomic mass is 19.4. The lowest BCUT2D eigenvalue weighted by molar-refractivity contribution is -0.137. The molecule has 0 fully saturated rings. The normalized spacial score (nSPS) is 10.8. The maximum Gasteiger partial charge on any atom is 0.416 e. The first kappa shape index (κ1) is 13.0. The number of alkyl halides is 3. The van der Waals surface area contributed by atoms with Crippen molar-refractivity contribution in [2.24, 2.45) is 0 Å². The number of halogens is 3. The van der Waals surface area contributed by atoms with Crippen LogP contribution in [0.4, 0.5) is 13.2 Å². The van der Waals surface area contributed by atoms with Gasteiger partial charge in [-0.1, -0.05) is 12.0 Å². The minimum absolute atomic E-state index is 0.0655. The van der Waals surface area contributed by atoms with E-state index < -0.39 is 11.7 Å². The van der Waals surface area contributed by atoms with Gasteiger partial charge in [0.2, 0.25) is 5.88 Å². The summed E-state index contributed by atoms with van der Waals surface area (Å²) >= 11 is 0. The van der Waals surface area contributed by atoms with Crippen molar-refractivity contribution in [2.45, 2.75) is 6.18 Å². The third kappa shape index (κ3) is 3.26. The molecule has 1 aromatic carbocycles. The number of benzene rings is 1. The van der Waals surface area contributed by atoms with Gasteiger partial charge >= 0.3 is 6.18 Å². The van der Waals surface area contributed by atoms with E-state index in [-0.39, 0.29) is 11.6 Å². The quantitative estimate of drug-likeness (QED) is 0.767. The fourth-order valence-corrected chi connectivity index (χ4v) is 1.38. The van der Waals surface area contributed by atoms with Crippen molar-refractivity contribution < 1.29 is 17.9 Å². The molecule has 19 heavy (non-hydrogen) atoms. The molecule has 1 heterocycles. The number of ether oxygens (including phenoxy) is 1. The van der Waals surface area contributed by atoms with E-state index in [1.54, 1.807) is 6.07 Å². The predicted molar refractivity (Wildman–Crippen MR) is 63.7 cm³/mol. The summed E-state index contributed by atoms with van der Waals surface area (Å²) in [6.07, 6.45) is 2.17. The third-order valence-corrected chi connectivity index (χ3v) is 2.29. The second kappa shape index (κ2) is 5.02. The van der Waals surface area contributed by atoms with Crippen LogP contribution in [0.3, 0.4) is 0 Å². The van der Waals surface area contributed by atoms with E-state index in [1.807, 2.05) is 0 Å². The lowest BCUT2D eigenvalue weighted by Gasteiger charge is -2.09. The Balaban J connectivity index is 2.21. The van der Waals surface area contributed by atoms with Gasteiger partial charge in [0, 0.05) is 17.8 Å². The van der Waals surface area contributed by atoms with E-state index in [0.717, 1.165) is 12.1 Å². The van der Waals surface area contributed by atoms with Crippen LogP contribution < -0.4 is 4.74 Å². The fourth-order valence-electron chi connectivity index (χ4n) is 1.38. The summed E-state index contributed by atoms with van der Waals surface area (Å²) in [4.78, 5) is 3.89. The van der Waals surface area contributed by atoms with E-state index in [2.05, 4.69) is 10.9 Å². The van der Waals surface area contributed by atoms with Crippen LogP contribution in [0.25, 0.3) is 0 Å². The average Bonchev–Trinajstić information content (AvgIpc) is 2.39. The lowest BCUT2D eigenvalue weighted by Crippen LogP contribution is -2.04. The van der Waals surface area contributed by atoms with Crippen molar-refractivity contribution in [3.8, 4) is 24.0 Å². The van der Waals surface area contributed by atoms with E-state index in [1.165, 1.54) is 24.4 Å². The summed E-state index contributed by atoms with van der Waals surface area (Å²) in [5.74, 6) is 2.62. The molecule has 0 aliphatic carbocycles. The molecule has 0 spiro atoms. The third-order valence-electron chi connectivity index (χ3n) is 2.29. The zero-order chi connectivity index (χ0) is 13.9. The summed E-state index contributed by atoms with van der Waals surface area (Å²) in [6.45, 7) is 0. The molecule has 0 aliphatic rings. The van der Waals surface area contributed by atoms with Gasteiger partial charge in [0.25, 0.3) is 0 Å². The number of hydrogen-bond donors (Lipinski definition) is 0. The second-order valence-electron chi connectivity index (χ2n) is 3.66. The maximum atomic E-state index is 12.5. The first-order valence-corrected chi connectivity index (χ1v) is 5.27. The first-order valence-electron chi connectivity index (χ1n) is 5.27. The number of pyridine rings is 1. The van der Waals surface area contributed by atoms with Crippen LogP contribution in [0.1, 0.15) is 11.1 Å². The van der Waals surface area contributed by atoms with Crippen molar-refractivity contribution in [3.63, 3.8) is 0 Å². The fraction of sp³-hybridized carbons (Fsp3) is 0.0714. The molecule has 2 rings (SSSR count). The van der Waals surface area contributed by atoms with Gasteiger partial charge in [0.15, 0.2) is 0 Å². The van der Waals surface area contributed by atoms with Crippen molar-refractivity contribution in [3.05, 3.63) is 53.7 Å². The van der Waals surface area contributed by atoms with Crippen LogP contribution in [0, 0.1) is 12.3 Å². The maximum absolute atomic E-state index is 12.5. The minimum atomic E-state index is -4.40. The number of hydrogen-bond acceptors (Lipinski definition) is 2. The van der Waals surface area contributed by atoms with Gasteiger partial charge < -0.3 is 4.74 Å². The molecule has 5 heteroatoms. The van der Waals surface area contributed by atoms with Gasteiger partial charge in [-0.2, -0.15) is 13.2 Å². The van der Waals surface area contributed by atoms with E-state index >= 15 is 0 Å². The number of aromatic nitrogens is 1. The van der Waals surface area contributed by atoms with E-state index in [9.17, 15) is 13.2 Å². The Kier molecular flexibility index (Phi) is 3.43. The molecule has 0 saturated carbocycles. The molecule has 0 radical (unpaired) electrons. The average molecular weight is 263 g/mol. The van der Waals surface area contributed by atoms with Crippen molar-refractivity contribution in [1.29, 1.82) is 0 Å². The highest BCUT2D eigenvalue weighted by Crippen LogP contribution is 2.32. The molecule has 0 bridgehead atoms. The summed E-state index contributed by atoms with van der Waals surface area (Å²) in [7, 11) is 0. The zero-order valence-electron chi connectivity index (χ0n) is 9.61. The Morgan fingerprint density at radius 2 is 1.95 bits per heavy atom. The van der Waals surface area contributed by atoms with Crippen LogP contribution in [0.15, 0.2) is 42.6 Å². The van der Waals surface area contributed by atoms with Gasteiger partial charge in [0.05, 0.1) is 5.56 Å². The minimum Gasteiger partial charge on any atom is -0.439 e. The van der Waals surface area contributed by atoms with Gasteiger partial charge in [-0.3, -0.25) is 0 Å². The number of nitrogens with zero attached hydrogens (tertiary/aromatic N) is 1. The monoisotopic (exact) mass is 263 g/mol. The lowest BCUT2D eigenvalue weighted by atomic mass is 10.2. The number of rotatable bonds is 2. The standard InChI is InChI=1S/C14H8F3NO/c1-2-10-6-7-13(18-9-10)19-12-5-3-4-11(8-12)14(15,16)17/h1,3-9H. The van der Waals surface area contributed by atoms with Crippen molar-refractivity contribution in [2.75, 3.05) is 0 Å². The molecular weight excluding hydrogens is 255 g/mol. The van der Waals surface area contributed by atoms with E-state index in [0.29, 0.717) is 5.56 Å². The molecular formula is C14H8F3NO. The molecule has 0 unspecified atom stereocenters. The van der Waals surface area contributed by atoms with Gasteiger partial charge in [-0.25, -0.2) is 4.98 Å². The summed E-state index contributed by atoms with van der Waals surface area (Å²) in [5, 5.41) is 0. The molecule has 0 saturated heterocycles. The van der Waals surface area contributed by atoms with Gasteiger partial charge in [-0.15, -0.1) is 6.42 Å². The Bertz CT molecular complexity index is 612. The van der Waals surface area contributed by atoms with Crippen molar-refractivity contribution in [1.82, 2.24) is 4.98 Å². The Morgan fingerprint density at radius 3 is 2.53 bits per heavy atom. The van der Waals surface area contributed by atoms with E-state index in [4.69, 9.17) is 11.2 Å². The molecule has 2 nitrogen and oxygen atoms in total. The molecule has 0 amide bonds. The summed E-state index contributed by atoms with van der Waals surface area (Å²) in [5.41, 5.74) is -0.207. The topological polar surface area (TPSA) is 22.1 Å². The van der Waals surface area contributed by atoms with Crippen LogP contribution in [0.5, 0.6) is 11.6 Å². The smallest absolute Gasteiger partial charge is 0.416 e. The molecule has 2 aromatic rings. The summed E-state index contributed by atoms with van der Waals surface area (Å²) in [6, 6.07) is 7.67. The predicted octanol–water partition coefficient (Wildman–Crippen LogP) is 3.87. The Hall–Kier alpha value is -2.48. The van der Waals surface area contributed by atoms with Gasteiger partial charge in [0.1, 0.15) is 5.75 Å². The molecule has 0 aliphatic heterocycles. The second-order valence-corrected chi connectivity index (χ2v) is 3.66. The highest BCUT2D eigenvalue weighted by Gasteiger charge is 2.30. The summed E-state index contributed by atoms with van der Waals surface area (Å²) < 4.78 is 42.8. The Labute approximate surface area is 107 Å². The van der Waals surface area contributed by atoms with Crippen LogP contribution in [0.2, 0.25) is 0 Å². The first-order chi connectivity index (χ1) is 8.99. The highest BCUT2D eigenvalue weighted by molar-refractivity contribution is 5.35. The van der Waals surface area contributed by atoms with Crippen LogP contribution in [-0.2, 0) is 6.18 Å². The Morgan fingerprint density at radius 1 is 1.16 bits per heavy atom. The molecule has 1 aromatic heterocycles. The SMILES string of the molecule is C#Cc1ccc(Oc2cccc(C(F)(F)F)c2)nc1. The number of terminal acetylenes is 1. The van der Waals surface area contributed by atoms with Crippen LogP contribution >= 0.6 is 0 Å². The molecule has 96 valence electrons. The molecule has 0 N–H and O–H groups in total. The van der Waals surface area contributed by atoms with Crippen molar-refractivity contribution >= 4 is 0 Å². The van der Waals surface area contributed by atoms with Gasteiger partial charge in [-0.05, 0) is 24.3 Å². The molecule has 0 atom stereocenters. The zero-order valence-corrected chi connectivity index (χ0v) is 9.61.